The van der Waals surface area contributed by atoms with Crippen molar-refractivity contribution >= 4 is 37.2 Å². The third-order valence-electron chi connectivity index (χ3n) is 2.06. The minimum absolute atomic E-state index is 0. The molecule has 0 bridgehead atoms. The minimum atomic E-state index is 0. The number of nitrogens with two attached hydrogens (primary N) is 1. The summed E-state index contributed by atoms with van der Waals surface area (Å²) in [5.74, 6) is 0.865. The second kappa shape index (κ2) is 10.8. The van der Waals surface area contributed by atoms with Crippen molar-refractivity contribution in [3.8, 4) is 0 Å². The lowest BCUT2D eigenvalue weighted by Crippen LogP contribution is -2.16. The van der Waals surface area contributed by atoms with Crippen molar-refractivity contribution in [3.63, 3.8) is 0 Å². The minimum Gasteiger partial charge on any atom is -0.330 e. The molecule has 72 valence electrons. The molecule has 0 aromatic carbocycles. The highest BCUT2D eigenvalue weighted by Crippen LogP contribution is 2.21. The molecule has 11 heavy (non-hydrogen) atoms. The number of halogens is 3. The molecule has 2 N–H and O–H groups in total. The van der Waals surface area contributed by atoms with Crippen LogP contribution in [-0.2, 0) is 0 Å². The molecule has 1 fully saturated rings. The van der Waals surface area contributed by atoms with E-state index in [1.54, 1.807) is 0 Å². The van der Waals surface area contributed by atoms with Crippen LogP contribution in [0.25, 0.3) is 0 Å². The lowest BCUT2D eigenvalue weighted by atomic mass is 9.90. The fourth-order valence-corrected chi connectivity index (χ4v) is 1.42. The lowest BCUT2D eigenvalue weighted by molar-refractivity contribution is 0.366. The normalized spacial score (nSPS) is 17.2. The third-order valence-corrected chi connectivity index (χ3v) is 2.06. The van der Waals surface area contributed by atoms with Gasteiger partial charge in [0.2, 0.25) is 0 Å². The average molecular weight is 223 g/mol. The Bertz CT molecular complexity index is 64.7. The zero-order chi connectivity index (χ0) is 5.82. The summed E-state index contributed by atoms with van der Waals surface area (Å²) in [4.78, 5) is 0. The van der Waals surface area contributed by atoms with Gasteiger partial charge in [-0.05, 0) is 25.3 Å². The predicted octanol–water partition coefficient (Wildman–Crippen LogP) is 2.79. The Kier molecular flexibility index (Phi) is 17.5. The molecule has 0 heterocycles. The summed E-state index contributed by atoms with van der Waals surface area (Å²) in [6, 6.07) is 0. The van der Waals surface area contributed by atoms with E-state index in [1.807, 2.05) is 0 Å². The molecule has 0 aromatic rings. The van der Waals surface area contributed by atoms with E-state index in [-0.39, 0.29) is 37.2 Å². The standard InChI is InChI=1S/C7H15N.3ClH/c8-6-7-4-2-1-3-5-7;;;/h7H,1-6,8H2;3*1H. The number of rotatable bonds is 1. The van der Waals surface area contributed by atoms with Crippen LogP contribution < -0.4 is 5.73 Å². The molecule has 1 saturated carbocycles. The Morgan fingerprint density at radius 1 is 0.909 bits per heavy atom. The van der Waals surface area contributed by atoms with Gasteiger partial charge in [-0.1, -0.05) is 19.3 Å². The molecule has 0 spiro atoms. The van der Waals surface area contributed by atoms with Gasteiger partial charge in [0.25, 0.3) is 0 Å². The van der Waals surface area contributed by atoms with E-state index in [2.05, 4.69) is 0 Å². The van der Waals surface area contributed by atoms with E-state index in [9.17, 15) is 0 Å². The molecular weight excluding hydrogens is 204 g/mol. The zero-order valence-corrected chi connectivity index (χ0v) is 9.07. The number of hydrogen-bond acceptors (Lipinski definition) is 1. The van der Waals surface area contributed by atoms with Gasteiger partial charge in [-0.15, -0.1) is 37.2 Å². The molecule has 0 atom stereocenters. The van der Waals surface area contributed by atoms with Crippen molar-refractivity contribution in [2.45, 2.75) is 32.1 Å². The first-order chi connectivity index (χ1) is 3.93. The Labute approximate surface area is 87.7 Å². The topological polar surface area (TPSA) is 26.0 Å². The molecule has 0 saturated heterocycles. The van der Waals surface area contributed by atoms with Crippen molar-refractivity contribution in [2.75, 3.05) is 6.54 Å². The predicted molar refractivity (Wildman–Crippen MR) is 57.4 cm³/mol. The molecule has 1 rings (SSSR count). The maximum atomic E-state index is 5.50. The second-order valence-corrected chi connectivity index (χ2v) is 2.74. The van der Waals surface area contributed by atoms with Gasteiger partial charge >= 0.3 is 0 Å². The van der Waals surface area contributed by atoms with E-state index in [4.69, 9.17) is 5.73 Å². The Balaban J connectivity index is -0.000000213. The van der Waals surface area contributed by atoms with Gasteiger partial charge in [-0.3, -0.25) is 0 Å². The molecular formula is C7H18Cl3N. The summed E-state index contributed by atoms with van der Waals surface area (Å²) in [5.41, 5.74) is 5.50. The monoisotopic (exact) mass is 221 g/mol. The first-order valence-corrected chi connectivity index (χ1v) is 3.63. The summed E-state index contributed by atoms with van der Waals surface area (Å²) in [7, 11) is 0. The Morgan fingerprint density at radius 3 is 1.64 bits per heavy atom. The van der Waals surface area contributed by atoms with Gasteiger partial charge in [0.15, 0.2) is 0 Å². The maximum absolute atomic E-state index is 5.50. The van der Waals surface area contributed by atoms with Crippen LogP contribution in [0.4, 0.5) is 0 Å². The van der Waals surface area contributed by atoms with Gasteiger partial charge in [0.1, 0.15) is 0 Å². The van der Waals surface area contributed by atoms with E-state index in [0.717, 1.165) is 12.5 Å². The van der Waals surface area contributed by atoms with E-state index < -0.39 is 0 Å². The molecule has 0 radical (unpaired) electrons. The average Bonchev–Trinajstić information content (AvgIpc) is 1.90. The van der Waals surface area contributed by atoms with Crippen LogP contribution in [0.15, 0.2) is 0 Å². The van der Waals surface area contributed by atoms with Crippen LogP contribution in [0.2, 0.25) is 0 Å². The SMILES string of the molecule is Cl.Cl.Cl.NCC1CCCCC1. The smallest absolute Gasteiger partial charge is 0.00489 e. The van der Waals surface area contributed by atoms with Gasteiger partial charge in [-0.2, -0.15) is 0 Å². The highest BCUT2D eigenvalue weighted by molar-refractivity contribution is 5.86. The van der Waals surface area contributed by atoms with Crippen LogP contribution in [-0.4, -0.2) is 6.54 Å². The molecule has 0 amide bonds. The van der Waals surface area contributed by atoms with Crippen molar-refractivity contribution in [1.29, 1.82) is 0 Å². The van der Waals surface area contributed by atoms with Crippen molar-refractivity contribution in [3.05, 3.63) is 0 Å². The van der Waals surface area contributed by atoms with Crippen molar-refractivity contribution < 1.29 is 0 Å². The largest absolute Gasteiger partial charge is 0.330 e. The van der Waals surface area contributed by atoms with Gasteiger partial charge in [-0.25, -0.2) is 0 Å². The van der Waals surface area contributed by atoms with Gasteiger partial charge < -0.3 is 5.73 Å². The van der Waals surface area contributed by atoms with Gasteiger partial charge in [0.05, 0.1) is 0 Å². The van der Waals surface area contributed by atoms with Gasteiger partial charge in [0, 0.05) is 0 Å². The van der Waals surface area contributed by atoms with E-state index in [0.29, 0.717) is 0 Å². The third kappa shape index (κ3) is 7.20. The quantitative estimate of drug-likeness (QED) is 0.725. The summed E-state index contributed by atoms with van der Waals surface area (Å²) in [6.07, 6.45) is 7.05. The molecule has 1 nitrogen and oxygen atoms in total. The summed E-state index contributed by atoms with van der Waals surface area (Å²) >= 11 is 0. The van der Waals surface area contributed by atoms with Crippen LogP contribution >= 0.6 is 37.2 Å². The Morgan fingerprint density at radius 2 is 1.36 bits per heavy atom. The molecule has 0 aliphatic heterocycles. The Hall–Kier alpha value is 0.830. The molecule has 1 aliphatic rings. The fourth-order valence-electron chi connectivity index (χ4n) is 1.42. The maximum Gasteiger partial charge on any atom is -0.00489 e. The van der Waals surface area contributed by atoms with Crippen molar-refractivity contribution in [1.82, 2.24) is 0 Å². The van der Waals surface area contributed by atoms with Crippen LogP contribution in [0.1, 0.15) is 32.1 Å². The first kappa shape index (κ1) is 17.8. The second-order valence-electron chi connectivity index (χ2n) is 2.74. The molecule has 0 aromatic heterocycles. The van der Waals surface area contributed by atoms with E-state index >= 15 is 0 Å². The van der Waals surface area contributed by atoms with Crippen LogP contribution in [0.3, 0.4) is 0 Å². The molecule has 0 unspecified atom stereocenters. The fraction of sp³-hybridized carbons (Fsp3) is 1.00. The number of hydrogen-bond donors (Lipinski definition) is 1. The highest BCUT2D eigenvalue weighted by atomic mass is 35.5. The highest BCUT2D eigenvalue weighted by Gasteiger charge is 2.09. The zero-order valence-electron chi connectivity index (χ0n) is 6.62. The summed E-state index contributed by atoms with van der Waals surface area (Å²) in [6.45, 7) is 0.917. The molecule has 4 heteroatoms. The van der Waals surface area contributed by atoms with Crippen LogP contribution in [0.5, 0.6) is 0 Å². The summed E-state index contributed by atoms with van der Waals surface area (Å²) < 4.78 is 0. The lowest BCUT2D eigenvalue weighted by Gasteiger charge is -2.18. The van der Waals surface area contributed by atoms with E-state index in [1.165, 1.54) is 32.1 Å². The molecule has 1 aliphatic carbocycles. The summed E-state index contributed by atoms with van der Waals surface area (Å²) in [5, 5.41) is 0. The first-order valence-electron chi connectivity index (χ1n) is 3.63. The van der Waals surface area contributed by atoms with Crippen molar-refractivity contribution in [2.24, 2.45) is 11.7 Å². The van der Waals surface area contributed by atoms with Crippen LogP contribution in [0, 0.1) is 5.92 Å².